The van der Waals surface area contributed by atoms with E-state index in [-0.39, 0.29) is 34.1 Å². The molecule has 12 heteroatoms. The highest BCUT2D eigenvalue weighted by molar-refractivity contribution is 7.91. The first-order valence-corrected chi connectivity index (χ1v) is 15.6. The third kappa shape index (κ3) is 6.68. The number of thiophene rings is 2. The van der Waals surface area contributed by atoms with Gasteiger partial charge >= 0.3 is 0 Å². The lowest BCUT2D eigenvalue weighted by atomic mass is 10.1. The third-order valence-electron chi connectivity index (χ3n) is 6.38. The Balaban J connectivity index is 1.37. The number of hydrogen-bond donors (Lipinski definition) is 2. The van der Waals surface area contributed by atoms with E-state index in [1.807, 2.05) is 11.0 Å². The maximum absolute atomic E-state index is 13.2. The molecule has 0 aromatic carbocycles. The molecule has 2 aliphatic rings. The first-order chi connectivity index (χ1) is 16.9. The number of likely N-dealkylation sites (tertiary alicyclic amines) is 2. The van der Waals surface area contributed by atoms with E-state index in [1.165, 1.54) is 16.2 Å². The summed E-state index contributed by atoms with van der Waals surface area (Å²) in [5.41, 5.74) is -0.0370. The minimum atomic E-state index is -3.88. The van der Waals surface area contributed by atoms with Crippen molar-refractivity contribution in [3.63, 3.8) is 0 Å². The largest absolute Gasteiger partial charge is 0.337 e. The number of carbonyl (C=O) groups is 2. The van der Waals surface area contributed by atoms with Crippen LogP contribution in [0.5, 0.6) is 0 Å². The van der Waals surface area contributed by atoms with Crippen molar-refractivity contribution in [2.75, 3.05) is 26.2 Å². The highest BCUT2D eigenvalue weighted by Crippen LogP contribution is 2.37. The van der Waals surface area contributed by atoms with Gasteiger partial charge in [0.25, 0.3) is 10.0 Å². The Morgan fingerprint density at radius 2 is 1.78 bits per heavy atom. The van der Waals surface area contributed by atoms with Crippen molar-refractivity contribution in [1.82, 2.24) is 19.8 Å². The van der Waals surface area contributed by atoms with E-state index in [2.05, 4.69) is 30.8 Å². The van der Waals surface area contributed by atoms with Gasteiger partial charge in [0, 0.05) is 41.0 Å². The molecular formula is C24H33ClN4O4S3. The van der Waals surface area contributed by atoms with Gasteiger partial charge in [-0.1, -0.05) is 11.6 Å². The molecule has 2 saturated heterocycles. The minimum Gasteiger partial charge on any atom is -0.337 e. The topological polar surface area (TPSA) is 98.8 Å². The summed E-state index contributed by atoms with van der Waals surface area (Å²) in [5.74, 6) is -0.425. The fraction of sp³-hybridized carbons (Fsp3) is 0.583. The van der Waals surface area contributed by atoms with Gasteiger partial charge in [0.15, 0.2) is 0 Å². The van der Waals surface area contributed by atoms with E-state index in [9.17, 15) is 18.0 Å². The van der Waals surface area contributed by atoms with Crippen molar-refractivity contribution in [2.45, 2.75) is 68.3 Å². The number of piperidine rings is 1. The van der Waals surface area contributed by atoms with E-state index in [1.54, 1.807) is 18.2 Å². The Morgan fingerprint density at radius 3 is 2.47 bits per heavy atom. The lowest BCUT2D eigenvalue weighted by molar-refractivity contribution is -0.143. The second-order valence-electron chi connectivity index (χ2n) is 10.3. The number of sulfonamides is 1. The molecule has 0 aliphatic carbocycles. The Hall–Kier alpha value is -1.50. The number of halogens is 1. The number of nitrogens with one attached hydrogen (secondary N) is 2. The highest BCUT2D eigenvalue weighted by atomic mass is 35.5. The fourth-order valence-corrected chi connectivity index (χ4v) is 8.23. The molecule has 2 atom stereocenters. The normalized spacial score (nSPS) is 21.4. The van der Waals surface area contributed by atoms with Crippen LogP contribution in [0.2, 0.25) is 4.34 Å². The van der Waals surface area contributed by atoms with Crippen molar-refractivity contribution in [3.05, 3.63) is 28.6 Å². The first-order valence-electron chi connectivity index (χ1n) is 12.1. The van der Waals surface area contributed by atoms with Crippen LogP contribution < -0.4 is 10.0 Å². The van der Waals surface area contributed by atoms with E-state index >= 15 is 0 Å². The van der Waals surface area contributed by atoms with Gasteiger partial charge in [0.1, 0.15) is 10.3 Å². The van der Waals surface area contributed by atoms with E-state index < -0.39 is 16.1 Å². The van der Waals surface area contributed by atoms with Crippen molar-refractivity contribution in [1.29, 1.82) is 0 Å². The Bertz CT molecular complexity index is 1200. The molecule has 0 bridgehead atoms. The van der Waals surface area contributed by atoms with Crippen molar-refractivity contribution < 1.29 is 18.0 Å². The summed E-state index contributed by atoms with van der Waals surface area (Å²) in [5, 5.41) is 3.47. The molecule has 0 radical (unpaired) electrons. The predicted molar refractivity (Wildman–Crippen MR) is 145 cm³/mol. The Labute approximate surface area is 226 Å². The van der Waals surface area contributed by atoms with Crippen LogP contribution in [0.4, 0.5) is 0 Å². The maximum atomic E-state index is 13.2. The van der Waals surface area contributed by atoms with Gasteiger partial charge in [-0.25, -0.2) is 8.42 Å². The second kappa shape index (κ2) is 11.1. The van der Waals surface area contributed by atoms with Gasteiger partial charge in [-0.3, -0.25) is 9.59 Å². The molecule has 0 spiro atoms. The zero-order valence-corrected chi connectivity index (χ0v) is 24.0. The summed E-state index contributed by atoms with van der Waals surface area (Å²) in [6.07, 6.45) is 2.92. The minimum absolute atomic E-state index is 0.0225. The smallest absolute Gasteiger partial charge is 0.250 e. The van der Waals surface area contributed by atoms with Gasteiger partial charge in [0.2, 0.25) is 11.8 Å². The van der Waals surface area contributed by atoms with Crippen LogP contribution >= 0.6 is 34.3 Å². The van der Waals surface area contributed by atoms with Crippen LogP contribution in [0.25, 0.3) is 9.75 Å². The van der Waals surface area contributed by atoms with Crippen LogP contribution in [0.3, 0.4) is 0 Å². The van der Waals surface area contributed by atoms with Crippen LogP contribution in [0.1, 0.15) is 46.5 Å². The molecule has 2 unspecified atom stereocenters. The first kappa shape index (κ1) is 27.5. The molecule has 36 heavy (non-hydrogen) atoms. The van der Waals surface area contributed by atoms with Crippen molar-refractivity contribution in [2.24, 2.45) is 0 Å². The standard InChI is InChI=1S/C24H33ClN4O4S3/c1-24(2,3)26-14-16-6-4-13-29(16)21(30)15-28-12-5-7-17(23(28)31)27-36(32,33)22-11-9-19(35-22)18-8-10-20(25)34-18/h8-11,16-17,26-27H,4-7,12-15H2,1-3H3. The zero-order valence-electron chi connectivity index (χ0n) is 20.8. The molecule has 2 amide bonds. The second-order valence-corrected chi connectivity index (χ2v) is 15.1. The summed E-state index contributed by atoms with van der Waals surface area (Å²) in [4.78, 5) is 31.3. The molecule has 0 saturated carbocycles. The van der Waals surface area contributed by atoms with E-state index in [0.29, 0.717) is 36.8 Å². The monoisotopic (exact) mass is 572 g/mol. The van der Waals surface area contributed by atoms with E-state index in [4.69, 9.17) is 11.6 Å². The maximum Gasteiger partial charge on any atom is 0.250 e. The van der Waals surface area contributed by atoms with Gasteiger partial charge < -0.3 is 15.1 Å². The summed E-state index contributed by atoms with van der Waals surface area (Å²) in [6, 6.07) is 6.15. The number of carbonyl (C=O) groups excluding carboxylic acids is 2. The van der Waals surface area contributed by atoms with Gasteiger partial charge in [-0.15, -0.1) is 22.7 Å². The molecule has 4 heterocycles. The predicted octanol–water partition coefficient (Wildman–Crippen LogP) is 3.78. The summed E-state index contributed by atoms with van der Waals surface area (Å²) >= 11 is 8.53. The Morgan fingerprint density at radius 1 is 1.08 bits per heavy atom. The van der Waals surface area contributed by atoms with Gasteiger partial charge in [-0.2, -0.15) is 4.72 Å². The average molecular weight is 573 g/mol. The summed E-state index contributed by atoms with van der Waals surface area (Å²) in [6.45, 7) is 8.11. The van der Waals surface area contributed by atoms with Crippen LogP contribution in [-0.2, 0) is 19.6 Å². The molecule has 8 nitrogen and oxygen atoms in total. The summed E-state index contributed by atoms with van der Waals surface area (Å²) < 4.78 is 29.5. The van der Waals surface area contributed by atoms with Crippen LogP contribution in [-0.4, -0.2) is 73.8 Å². The third-order valence-corrected chi connectivity index (χ3v) is 10.9. The molecule has 2 aromatic rings. The molecule has 2 N–H and O–H groups in total. The van der Waals surface area contributed by atoms with Crippen molar-refractivity contribution >= 4 is 56.1 Å². The lowest BCUT2D eigenvalue weighted by Crippen LogP contribution is -2.55. The number of hydrogen-bond acceptors (Lipinski definition) is 7. The number of rotatable bonds is 8. The Kier molecular flexibility index (Phi) is 8.48. The van der Waals surface area contributed by atoms with E-state index in [0.717, 1.165) is 33.9 Å². The quantitative estimate of drug-likeness (QED) is 0.502. The summed E-state index contributed by atoms with van der Waals surface area (Å²) in [7, 11) is -3.88. The number of nitrogens with zero attached hydrogens (tertiary/aromatic N) is 2. The van der Waals surface area contributed by atoms with Crippen LogP contribution in [0.15, 0.2) is 28.5 Å². The molecule has 2 fully saturated rings. The lowest BCUT2D eigenvalue weighted by Gasteiger charge is -2.34. The SMILES string of the molecule is CC(C)(C)NCC1CCCN1C(=O)CN1CCCC(NS(=O)(=O)c2ccc(-c3ccc(Cl)s3)s2)C1=O. The molecule has 4 rings (SSSR count). The van der Waals surface area contributed by atoms with Gasteiger partial charge in [0.05, 0.1) is 10.9 Å². The molecular weight excluding hydrogens is 540 g/mol. The zero-order chi connectivity index (χ0) is 26.1. The van der Waals surface area contributed by atoms with Crippen molar-refractivity contribution in [3.8, 4) is 9.75 Å². The molecule has 198 valence electrons. The molecule has 2 aliphatic heterocycles. The number of amides is 2. The van der Waals surface area contributed by atoms with Crippen LogP contribution in [0, 0.1) is 0 Å². The highest BCUT2D eigenvalue weighted by Gasteiger charge is 2.36. The average Bonchev–Trinajstić information content (AvgIpc) is 3.54. The molecule has 2 aromatic heterocycles. The fourth-order valence-electron chi connectivity index (χ4n) is 4.55. The van der Waals surface area contributed by atoms with Gasteiger partial charge in [-0.05, 0) is 70.7 Å².